The minimum atomic E-state index is 0.744. The van der Waals surface area contributed by atoms with Gasteiger partial charge in [-0.3, -0.25) is 9.88 Å². The van der Waals surface area contributed by atoms with Crippen molar-refractivity contribution in [3.8, 4) is 0 Å². The number of alkyl halides is 1. The lowest BCUT2D eigenvalue weighted by Gasteiger charge is -2.30. The number of pyridine rings is 1. The van der Waals surface area contributed by atoms with Crippen molar-refractivity contribution >= 4 is 15.9 Å². The first kappa shape index (κ1) is 10.1. The van der Waals surface area contributed by atoms with Crippen LogP contribution in [0.25, 0.3) is 0 Å². The largest absolute Gasteiger partial charge is 0.293 e. The van der Waals surface area contributed by atoms with E-state index in [1.54, 1.807) is 0 Å². The number of hydrogen-bond donors (Lipinski definition) is 0. The van der Waals surface area contributed by atoms with Crippen LogP contribution in [-0.4, -0.2) is 28.4 Å². The second-order valence-corrected chi connectivity index (χ2v) is 4.29. The monoisotopic (exact) mass is 254 g/mol. The van der Waals surface area contributed by atoms with Crippen LogP contribution in [0.15, 0.2) is 24.5 Å². The van der Waals surface area contributed by atoms with Crippen molar-refractivity contribution in [2.45, 2.75) is 18.8 Å². The number of piperidine rings is 1. The van der Waals surface area contributed by atoms with Crippen molar-refractivity contribution in [1.82, 2.24) is 9.88 Å². The van der Waals surface area contributed by atoms with Gasteiger partial charge in [-0.25, -0.2) is 0 Å². The summed E-state index contributed by atoms with van der Waals surface area (Å²) in [5.41, 5.74) is 2.46. The quantitative estimate of drug-likeness (QED) is 0.596. The van der Waals surface area contributed by atoms with Gasteiger partial charge in [0, 0.05) is 12.4 Å². The minimum Gasteiger partial charge on any atom is -0.293 e. The number of hydrogen-bond acceptors (Lipinski definition) is 2. The van der Waals surface area contributed by atoms with Gasteiger partial charge in [0.1, 0.15) is 0 Å². The van der Waals surface area contributed by atoms with E-state index in [2.05, 4.69) is 37.9 Å². The molecule has 0 amide bonds. The zero-order valence-corrected chi connectivity index (χ0v) is 9.78. The van der Waals surface area contributed by atoms with Crippen LogP contribution in [-0.2, 0) is 0 Å². The third-order valence-electron chi connectivity index (χ3n) is 2.93. The van der Waals surface area contributed by atoms with Gasteiger partial charge in [-0.2, -0.15) is 0 Å². The average Bonchev–Trinajstić information content (AvgIpc) is 2.30. The van der Waals surface area contributed by atoms with Gasteiger partial charge >= 0.3 is 0 Å². The highest BCUT2D eigenvalue weighted by molar-refractivity contribution is 9.09. The average molecular weight is 255 g/mol. The number of rotatable bonds is 2. The van der Waals surface area contributed by atoms with E-state index in [4.69, 9.17) is 0 Å². The molecule has 1 aromatic heterocycles. The maximum Gasteiger partial charge on any atom is 0.0542 e. The number of aromatic nitrogens is 1. The summed E-state index contributed by atoms with van der Waals surface area (Å²) < 4.78 is 0. The zero-order valence-electron chi connectivity index (χ0n) is 8.19. The normalized spacial score (nSPS) is 19.8. The van der Waals surface area contributed by atoms with Crippen molar-refractivity contribution in [2.75, 3.05) is 18.5 Å². The molecule has 0 aliphatic carbocycles. The summed E-state index contributed by atoms with van der Waals surface area (Å²) in [5.74, 6) is 0.744. The Kier molecular flexibility index (Phi) is 3.54. The van der Waals surface area contributed by atoms with Crippen LogP contribution in [0.2, 0.25) is 0 Å². The zero-order chi connectivity index (χ0) is 9.80. The standard InChI is InChI=1S/C11H15BrN2/c12-9-14-7-3-11(4-8-14)10-1-5-13-6-2-10/h1-2,5-6,11H,3-4,7-9H2. The summed E-state index contributed by atoms with van der Waals surface area (Å²) in [7, 11) is 0. The maximum absolute atomic E-state index is 4.05. The molecule has 14 heavy (non-hydrogen) atoms. The molecule has 0 N–H and O–H groups in total. The lowest BCUT2D eigenvalue weighted by atomic mass is 9.90. The van der Waals surface area contributed by atoms with Crippen molar-refractivity contribution in [3.05, 3.63) is 30.1 Å². The van der Waals surface area contributed by atoms with Gasteiger partial charge in [0.2, 0.25) is 0 Å². The Bertz CT molecular complexity index is 268. The molecule has 0 spiro atoms. The molecule has 2 heterocycles. The molecule has 0 atom stereocenters. The van der Waals surface area contributed by atoms with E-state index in [-0.39, 0.29) is 0 Å². The predicted octanol–water partition coefficient (Wildman–Crippen LogP) is 2.61. The molecule has 0 bridgehead atoms. The summed E-state index contributed by atoms with van der Waals surface area (Å²) >= 11 is 3.50. The molecule has 3 heteroatoms. The van der Waals surface area contributed by atoms with Crippen LogP contribution in [0.3, 0.4) is 0 Å². The van der Waals surface area contributed by atoms with E-state index in [1.165, 1.54) is 31.5 Å². The van der Waals surface area contributed by atoms with Crippen LogP contribution in [0, 0.1) is 0 Å². The summed E-state index contributed by atoms with van der Waals surface area (Å²) in [4.78, 5) is 6.50. The SMILES string of the molecule is BrCN1CCC(c2ccncc2)CC1. The second kappa shape index (κ2) is 4.89. The molecular weight excluding hydrogens is 240 g/mol. The number of nitrogens with zero attached hydrogens (tertiary/aromatic N) is 2. The molecule has 2 rings (SSSR count). The molecule has 1 fully saturated rings. The minimum absolute atomic E-state index is 0.744. The first-order valence-electron chi connectivity index (χ1n) is 5.08. The molecule has 0 unspecified atom stereocenters. The molecule has 1 aromatic rings. The molecule has 0 radical (unpaired) electrons. The first-order valence-corrected chi connectivity index (χ1v) is 6.20. The number of likely N-dealkylation sites (tertiary alicyclic amines) is 1. The van der Waals surface area contributed by atoms with E-state index in [9.17, 15) is 0 Å². The summed E-state index contributed by atoms with van der Waals surface area (Å²) in [6.07, 6.45) is 6.34. The van der Waals surface area contributed by atoms with Crippen LogP contribution >= 0.6 is 15.9 Å². The molecular formula is C11H15BrN2. The fourth-order valence-electron chi connectivity index (χ4n) is 2.02. The van der Waals surface area contributed by atoms with E-state index in [1.807, 2.05) is 12.4 Å². The first-order chi connectivity index (χ1) is 6.90. The lowest BCUT2D eigenvalue weighted by molar-refractivity contribution is 0.248. The maximum atomic E-state index is 4.05. The van der Waals surface area contributed by atoms with E-state index in [0.29, 0.717) is 0 Å². The van der Waals surface area contributed by atoms with Crippen molar-refractivity contribution in [3.63, 3.8) is 0 Å². The Morgan fingerprint density at radius 2 is 1.93 bits per heavy atom. The molecule has 76 valence electrons. The van der Waals surface area contributed by atoms with Crippen LogP contribution < -0.4 is 0 Å². The Morgan fingerprint density at radius 3 is 2.50 bits per heavy atom. The molecule has 0 saturated carbocycles. The topological polar surface area (TPSA) is 16.1 Å². The van der Waals surface area contributed by atoms with E-state index < -0.39 is 0 Å². The van der Waals surface area contributed by atoms with Gasteiger partial charge in [-0.15, -0.1) is 0 Å². The van der Waals surface area contributed by atoms with Gasteiger partial charge in [-0.1, -0.05) is 15.9 Å². The highest BCUT2D eigenvalue weighted by Crippen LogP contribution is 2.27. The van der Waals surface area contributed by atoms with Crippen LogP contribution in [0.4, 0.5) is 0 Å². The predicted molar refractivity (Wildman–Crippen MR) is 61.6 cm³/mol. The van der Waals surface area contributed by atoms with Crippen molar-refractivity contribution in [1.29, 1.82) is 0 Å². The fraction of sp³-hybridized carbons (Fsp3) is 0.545. The molecule has 1 aliphatic heterocycles. The summed E-state index contributed by atoms with van der Waals surface area (Å²) in [6.45, 7) is 2.41. The molecule has 1 saturated heterocycles. The van der Waals surface area contributed by atoms with Gasteiger partial charge in [-0.05, 0) is 49.5 Å². The molecule has 0 aromatic carbocycles. The van der Waals surface area contributed by atoms with Gasteiger partial charge in [0.05, 0.1) is 5.45 Å². The summed E-state index contributed by atoms with van der Waals surface area (Å²) in [6, 6.07) is 4.29. The van der Waals surface area contributed by atoms with Crippen molar-refractivity contribution in [2.24, 2.45) is 0 Å². The van der Waals surface area contributed by atoms with Gasteiger partial charge in [0.25, 0.3) is 0 Å². The van der Waals surface area contributed by atoms with Crippen LogP contribution in [0.1, 0.15) is 24.3 Å². The van der Waals surface area contributed by atoms with Gasteiger partial charge < -0.3 is 0 Å². The lowest BCUT2D eigenvalue weighted by Crippen LogP contribution is -2.31. The third-order valence-corrected chi connectivity index (χ3v) is 3.64. The Labute approximate surface area is 93.5 Å². The fourth-order valence-corrected chi connectivity index (χ4v) is 2.52. The molecule has 1 aliphatic rings. The Morgan fingerprint density at radius 1 is 1.29 bits per heavy atom. The number of halogens is 1. The summed E-state index contributed by atoms with van der Waals surface area (Å²) in [5, 5.41) is 0. The highest BCUT2D eigenvalue weighted by Gasteiger charge is 2.19. The second-order valence-electron chi connectivity index (χ2n) is 3.79. The highest BCUT2D eigenvalue weighted by atomic mass is 79.9. The van der Waals surface area contributed by atoms with Gasteiger partial charge in [0.15, 0.2) is 0 Å². The third kappa shape index (κ3) is 2.34. The van der Waals surface area contributed by atoms with Crippen molar-refractivity contribution < 1.29 is 0 Å². The van der Waals surface area contributed by atoms with Crippen LogP contribution in [0.5, 0.6) is 0 Å². The Balaban J connectivity index is 1.96. The Hall–Kier alpha value is -0.410. The smallest absolute Gasteiger partial charge is 0.0542 e. The molecule has 2 nitrogen and oxygen atoms in total. The van der Waals surface area contributed by atoms with E-state index in [0.717, 1.165) is 11.4 Å². The van der Waals surface area contributed by atoms with E-state index >= 15 is 0 Å².